The smallest absolute Gasteiger partial charge is 0.244 e. The molecule has 1 N–H and O–H groups in total. The van der Waals surface area contributed by atoms with Crippen LogP contribution < -0.4 is 10.1 Å². The van der Waals surface area contributed by atoms with Crippen LogP contribution in [0.4, 0.5) is 5.69 Å². The Morgan fingerprint density at radius 1 is 1.09 bits per heavy atom. The van der Waals surface area contributed by atoms with E-state index in [0.717, 1.165) is 5.56 Å². The van der Waals surface area contributed by atoms with Gasteiger partial charge < -0.3 is 15.0 Å². The van der Waals surface area contributed by atoms with E-state index in [-0.39, 0.29) is 18.4 Å². The molecule has 2 aromatic carbocycles. The zero-order valence-electron chi connectivity index (χ0n) is 13.3. The van der Waals surface area contributed by atoms with Crippen LogP contribution in [0.25, 0.3) is 0 Å². The Hall–Kier alpha value is -2.82. The summed E-state index contributed by atoms with van der Waals surface area (Å²) < 4.78 is 5.12. The standard InChI is InChI=1S/C18H20N2O3/c1-14(21)20(12-15-7-4-3-5-8-15)13-18(22)19-16-9-6-10-17(11-16)23-2/h3-11H,12-13H2,1-2H3,(H,19,22). The van der Waals surface area contributed by atoms with Gasteiger partial charge in [0, 0.05) is 25.2 Å². The summed E-state index contributed by atoms with van der Waals surface area (Å²) in [4.78, 5) is 25.4. The van der Waals surface area contributed by atoms with Gasteiger partial charge in [-0.1, -0.05) is 36.4 Å². The van der Waals surface area contributed by atoms with Crippen molar-refractivity contribution in [2.45, 2.75) is 13.5 Å². The Balaban J connectivity index is 1.99. The Morgan fingerprint density at radius 2 is 1.83 bits per heavy atom. The van der Waals surface area contributed by atoms with E-state index in [2.05, 4.69) is 5.32 Å². The van der Waals surface area contributed by atoms with E-state index < -0.39 is 0 Å². The molecular weight excluding hydrogens is 292 g/mol. The first-order valence-corrected chi connectivity index (χ1v) is 7.32. The molecule has 5 nitrogen and oxygen atoms in total. The van der Waals surface area contributed by atoms with Crippen molar-refractivity contribution < 1.29 is 14.3 Å². The second-order valence-corrected chi connectivity index (χ2v) is 5.14. The number of rotatable bonds is 6. The summed E-state index contributed by atoms with van der Waals surface area (Å²) in [7, 11) is 1.57. The topological polar surface area (TPSA) is 58.6 Å². The molecule has 0 heterocycles. The van der Waals surface area contributed by atoms with Gasteiger partial charge in [-0.15, -0.1) is 0 Å². The molecule has 0 radical (unpaired) electrons. The Morgan fingerprint density at radius 3 is 2.48 bits per heavy atom. The minimum Gasteiger partial charge on any atom is -0.497 e. The van der Waals surface area contributed by atoms with Crippen molar-refractivity contribution in [1.82, 2.24) is 4.90 Å². The lowest BCUT2D eigenvalue weighted by atomic mass is 10.2. The van der Waals surface area contributed by atoms with Crippen molar-refractivity contribution in [3.8, 4) is 5.75 Å². The molecule has 2 aromatic rings. The van der Waals surface area contributed by atoms with Crippen LogP contribution in [0.3, 0.4) is 0 Å². The van der Waals surface area contributed by atoms with E-state index in [9.17, 15) is 9.59 Å². The first-order valence-electron chi connectivity index (χ1n) is 7.32. The van der Waals surface area contributed by atoms with Crippen LogP contribution in [0.15, 0.2) is 54.6 Å². The summed E-state index contributed by atoms with van der Waals surface area (Å²) in [5.41, 5.74) is 1.62. The van der Waals surface area contributed by atoms with Crippen LogP contribution in [0.2, 0.25) is 0 Å². The molecule has 0 aromatic heterocycles. The van der Waals surface area contributed by atoms with Gasteiger partial charge in [0.05, 0.1) is 7.11 Å². The molecule has 5 heteroatoms. The maximum Gasteiger partial charge on any atom is 0.244 e. The van der Waals surface area contributed by atoms with E-state index >= 15 is 0 Å². The molecule has 0 atom stereocenters. The van der Waals surface area contributed by atoms with Gasteiger partial charge in [0.15, 0.2) is 0 Å². The van der Waals surface area contributed by atoms with Crippen LogP contribution in [-0.4, -0.2) is 30.4 Å². The van der Waals surface area contributed by atoms with Crippen LogP contribution in [0.5, 0.6) is 5.75 Å². The molecule has 0 aliphatic rings. The van der Waals surface area contributed by atoms with Crippen LogP contribution in [0.1, 0.15) is 12.5 Å². The predicted molar refractivity (Wildman–Crippen MR) is 89.2 cm³/mol. The number of ether oxygens (including phenoxy) is 1. The van der Waals surface area contributed by atoms with Crippen molar-refractivity contribution >= 4 is 17.5 Å². The van der Waals surface area contributed by atoms with Gasteiger partial charge in [-0.2, -0.15) is 0 Å². The van der Waals surface area contributed by atoms with Gasteiger partial charge in [0.25, 0.3) is 0 Å². The van der Waals surface area contributed by atoms with Crippen molar-refractivity contribution in [1.29, 1.82) is 0 Å². The van der Waals surface area contributed by atoms with Gasteiger partial charge in [0.1, 0.15) is 12.3 Å². The second kappa shape index (κ2) is 7.98. The number of hydrogen-bond donors (Lipinski definition) is 1. The summed E-state index contributed by atoms with van der Waals surface area (Å²) in [5.74, 6) is 0.273. The van der Waals surface area contributed by atoms with Crippen LogP contribution in [-0.2, 0) is 16.1 Å². The molecule has 0 saturated carbocycles. The van der Waals surface area contributed by atoms with E-state index in [1.807, 2.05) is 30.3 Å². The number of nitrogens with zero attached hydrogens (tertiary/aromatic N) is 1. The molecule has 0 fully saturated rings. The third kappa shape index (κ3) is 5.14. The highest BCUT2D eigenvalue weighted by Crippen LogP contribution is 2.16. The molecule has 0 spiro atoms. The predicted octanol–water partition coefficient (Wildman–Crippen LogP) is 2.68. The monoisotopic (exact) mass is 312 g/mol. The fourth-order valence-corrected chi connectivity index (χ4v) is 2.16. The maximum atomic E-state index is 12.2. The summed E-state index contributed by atoms with van der Waals surface area (Å²) in [6.07, 6.45) is 0. The number of carbonyl (C=O) groups excluding carboxylic acids is 2. The average molecular weight is 312 g/mol. The first-order chi connectivity index (χ1) is 11.1. The highest BCUT2D eigenvalue weighted by atomic mass is 16.5. The van der Waals surface area contributed by atoms with Gasteiger partial charge >= 0.3 is 0 Å². The van der Waals surface area contributed by atoms with Gasteiger partial charge in [-0.05, 0) is 17.7 Å². The van der Waals surface area contributed by atoms with Crippen molar-refractivity contribution in [3.63, 3.8) is 0 Å². The van der Waals surface area contributed by atoms with Crippen molar-refractivity contribution in [2.24, 2.45) is 0 Å². The number of benzene rings is 2. The number of hydrogen-bond acceptors (Lipinski definition) is 3. The van der Waals surface area contributed by atoms with Gasteiger partial charge in [-0.25, -0.2) is 0 Å². The normalized spacial score (nSPS) is 10.0. The second-order valence-electron chi connectivity index (χ2n) is 5.14. The molecule has 2 amide bonds. The van der Waals surface area contributed by atoms with Gasteiger partial charge in [-0.3, -0.25) is 9.59 Å². The van der Waals surface area contributed by atoms with Crippen molar-refractivity contribution in [3.05, 3.63) is 60.2 Å². The highest BCUT2D eigenvalue weighted by Gasteiger charge is 2.14. The molecule has 0 aliphatic carbocycles. The molecule has 0 unspecified atom stereocenters. The van der Waals surface area contributed by atoms with Crippen LogP contribution >= 0.6 is 0 Å². The summed E-state index contributed by atoms with van der Waals surface area (Å²) in [5, 5.41) is 2.77. The lowest BCUT2D eigenvalue weighted by Crippen LogP contribution is -2.36. The fraction of sp³-hybridized carbons (Fsp3) is 0.222. The zero-order chi connectivity index (χ0) is 16.7. The number of amides is 2. The van der Waals surface area contributed by atoms with E-state index in [1.54, 1.807) is 31.4 Å². The number of nitrogens with one attached hydrogen (secondary N) is 1. The zero-order valence-corrected chi connectivity index (χ0v) is 13.3. The Bertz CT molecular complexity index is 671. The molecular formula is C18H20N2O3. The fourth-order valence-electron chi connectivity index (χ4n) is 2.16. The van der Waals surface area contributed by atoms with E-state index in [0.29, 0.717) is 18.0 Å². The third-order valence-electron chi connectivity index (χ3n) is 3.35. The van der Waals surface area contributed by atoms with Crippen LogP contribution in [0, 0.1) is 0 Å². The average Bonchev–Trinajstić information content (AvgIpc) is 2.55. The van der Waals surface area contributed by atoms with Gasteiger partial charge in [0.2, 0.25) is 11.8 Å². The molecule has 0 saturated heterocycles. The lowest BCUT2D eigenvalue weighted by molar-refractivity contribution is -0.133. The lowest BCUT2D eigenvalue weighted by Gasteiger charge is -2.20. The summed E-state index contributed by atoms with van der Waals surface area (Å²) in [6, 6.07) is 16.7. The number of methoxy groups -OCH3 is 1. The number of carbonyl (C=O) groups is 2. The summed E-state index contributed by atoms with van der Waals surface area (Å²) >= 11 is 0. The van der Waals surface area contributed by atoms with E-state index in [4.69, 9.17) is 4.74 Å². The molecule has 2 rings (SSSR count). The molecule has 0 aliphatic heterocycles. The Labute approximate surface area is 135 Å². The molecule has 23 heavy (non-hydrogen) atoms. The minimum atomic E-state index is -0.246. The molecule has 0 bridgehead atoms. The first kappa shape index (κ1) is 16.5. The molecule has 120 valence electrons. The quantitative estimate of drug-likeness (QED) is 0.892. The third-order valence-corrected chi connectivity index (χ3v) is 3.35. The SMILES string of the molecule is COc1cccc(NC(=O)CN(Cc2ccccc2)C(C)=O)c1. The maximum absolute atomic E-state index is 12.2. The highest BCUT2D eigenvalue weighted by molar-refractivity contribution is 5.94. The van der Waals surface area contributed by atoms with E-state index in [1.165, 1.54) is 11.8 Å². The Kier molecular flexibility index (Phi) is 5.74. The largest absolute Gasteiger partial charge is 0.497 e. The summed E-state index contributed by atoms with van der Waals surface area (Å²) in [6.45, 7) is 1.87. The number of anilines is 1. The van der Waals surface area contributed by atoms with Crippen molar-refractivity contribution in [2.75, 3.05) is 19.0 Å². The minimum absolute atomic E-state index is 0.00143.